The summed E-state index contributed by atoms with van der Waals surface area (Å²) in [5, 5.41) is 3.14. The molecular formula is C19H23NO. The van der Waals surface area contributed by atoms with Crippen LogP contribution in [0.2, 0.25) is 0 Å². The molecule has 110 valence electrons. The van der Waals surface area contributed by atoms with Crippen molar-refractivity contribution in [3.8, 4) is 0 Å². The van der Waals surface area contributed by atoms with Gasteiger partial charge in [0.25, 0.3) is 0 Å². The smallest absolute Gasteiger partial charge is 0.232 e. The van der Waals surface area contributed by atoms with Gasteiger partial charge >= 0.3 is 0 Å². The summed E-state index contributed by atoms with van der Waals surface area (Å²) < 4.78 is 0. The number of nitrogens with one attached hydrogen (secondary N) is 1. The van der Waals surface area contributed by atoms with Gasteiger partial charge in [0, 0.05) is 6.04 Å². The van der Waals surface area contributed by atoms with E-state index in [1.807, 2.05) is 60.7 Å². The molecule has 1 amide bonds. The molecular weight excluding hydrogens is 258 g/mol. The average Bonchev–Trinajstić information content (AvgIpc) is 2.49. The zero-order valence-electron chi connectivity index (χ0n) is 12.9. The molecule has 0 heterocycles. The first-order valence-electron chi connectivity index (χ1n) is 7.50. The maximum Gasteiger partial charge on any atom is 0.232 e. The lowest BCUT2D eigenvalue weighted by atomic mass is 9.90. The van der Waals surface area contributed by atoms with Crippen LogP contribution in [0, 0.1) is 5.92 Å². The molecule has 0 saturated heterocycles. The highest BCUT2D eigenvalue weighted by Gasteiger charge is 2.24. The molecule has 1 unspecified atom stereocenters. The highest BCUT2D eigenvalue weighted by Crippen LogP contribution is 2.25. The van der Waals surface area contributed by atoms with E-state index < -0.39 is 0 Å². The molecule has 0 aromatic heterocycles. The minimum Gasteiger partial charge on any atom is -0.353 e. The van der Waals surface area contributed by atoms with Gasteiger partial charge in [0.15, 0.2) is 0 Å². The highest BCUT2D eigenvalue weighted by molar-refractivity contribution is 5.87. The van der Waals surface area contributed by atoms with Crippen LogP contribution in [0.5, 0.6) is 0 Å². The van der Waals surface area contributed by atoms with Gasteiger partial charge in [-0.1, -0.05) is 74.5 Å². The quantitative estimate of drug-likeness (QED) is 0.882. The molecule has 1 atom stereocenters. The van der Waals surface area contributed by atoms with Crippen molar-refractivity contribution in [2.75, 3.05) is 0 Å². The molecule has 0 aliphatic carbocycles. The van der Waals surface area contributed by atoms with Crippen molar-refractivity contribution in [2.45, 2.75) is 32.7 Å². The Labute approximate surface area is 127 Å². The minimum absolute atomic E-state index is 0.0635. The third-order valence-electron chi connectivity index (χ3n) is 3.90. The van der Waals surface area contributed by atoms with E-state index in [4.69, 9.17) is 0 Å². The van der Waals surface area contributed by atoms with Crippen LogP contribution in [-0.2, 0) is 4.79 Å². The van der Waals surface area contributed by atoms with Crippen LogP contribution >= 0.6 is 0 Å². The zero-order valence-corrected chi connectivity index (χ0v) is 12.9. The monoisotopic (exact) mass is 281 g/mol. The number of hydrogen-bond donors (Lipinski definition) is 1. The molecule has 0 radical (unpaired) electrons. The number of hydrogen-bond acceptors (Lipinski definition) is 1. The number of benzene rings is 2. The zero-order chi connectivity index (χ0) is 15.2. The summed E-state index contributed by atoms with van der Waals surface area (Å²) in [6.07, 6.45) is 0. The SMILES string of the molecule is CC(C)C(C)NC(=O)C(c1ccccc1)c1ccccc1. The van der Waals surface area contributed by atoms with E-state index in [1.165, 1.54) is 0 Å². The largest absolute Gasteiger partial charge is 0.353 e. The second kappa shape index (κ2) is 7.07. The van der Waals surface area contributed by atoms with Gasteiger partial charge in [-0.3, -0.25) is 4.79 Å². The topological polar surface area (TPSA) is 29.1 Å². The van der Waals surface area contributed by atoms with Gasteiger partial charge in [0.1, 0.15) is 0 Å². The number of rotatable bonds is 5. The molecule has 0 aliphatic rings. The van der Waals surface area contributed by atoms with Gasteiger partial charge in [-0.25, -0.2) is 0 Å². The fourth-order valence-corrected chi connectivity index (χ4v) is 2.26. The Morgan fingerprint density at radius 3 is 1.62 bits per heavy atom. The van der Waals surface area contributed by atoms with Crippen LogP contribution in [0.15, 0.2) is 60.7 Å². The second-order valence-corrected chi connectivity index (χ2v) is 5.80. The number of carbonyl (C=O) groups is 1. The third-order valence-corrected chi connectivity index (χ3v) is 3.90. The summed E-state index contributed by atoms with van der Waals surface area (Å²) in [5.74, 6) is 0.225. The summed E-state index contributed by atoms with van der Waals surface area (Å²) in [6.45, 7) is 6.28. The first kappa shape index (κ1) is 15.3. The second-order valence-electron chi connectivity index (χ2n) is 5.80. The van der Waals surface area contributed by atoms with Crippen LogP contribution in [0.3, 0.4) is 0 Å². The molecule has 0 saturated carbocycles. The highest BCUT2D eigenvalue weighted by atomic mass is 16.1. The number of carbonyl (C=O) groups excluding carboxylic acids is 1. The van der Waals surface area contributed by atoms with Gasteiger partial charge in [-0.2, -0.15) is 0 Å². The van der Waals surface area contributed by atoms with Gasteiger partial charge in [0.2, 0.25) is 5.91 Å². The van der Waals surface area contributed by atoms with E-state index in [9.17, 15) is 4.79 Å². The Morgan fingerprint density at radius 1 is 0.810 bits per heavy atom. The van der Waals surface area contributed by atoms with E-state index in [0.29, 0.717) is 5.92 Å². The van der Waals surface area contributed by atoms with Crippen molar-refractivity contribution in [2.24, 2.45) is 5.92 Å². The summed E-state index contributed by atoms with van der Waals surface area (Å²) in [4.78, 5) is 12.7. The Balaban J connectivity index is 2.31. The molecule has 0 bridgehead atoms. The van der Waals surface area contributed by atoms with Crippen molar-refractivity contribution in [3.05, 3.63) is 71.8 Å². The van der Waals surface area contributed by atoms with Crippen LogP contribution in [0.1, 0.15) is 37.8 Å². The summed E-state index contributed by atoms with van der Waals surface area (Å²) in [5.41, 5.74) is 2.05. The molecule has 2 aromatic carbocycles. The molecule has 2 aromatic rings. The van der Waals surface area contributed by atoms with Crippen molar-refractivity contribution in [3.63, 3.8) is 0 Å². The average molecular weight is 281 g/mol. The summed E-state index contributed by atoms with van der Waals surface area (Å²) in [6, 6.07) is 20.1. The maximum absolute atomic E-state index is 12.7. The molecule has 2 heteroatoms. The Bertz CT molecular complexity index is 523. The first-order chi connectivity index (χ1) is 10.1. The van der Waals surface area contributed by atoms with E-state index in [2.05, 4.69) is 26.1 Å². The fourth-order valence-electron chi connectivity index (χ4n) is 2.26. The standard InChI is InChI=1S/C19H23NO/c1-14(2)15(3)20-19(21)18(16-10-6-4-7-11-16)17-12-8-5-9-13-17/h4-15,18H,1-3H3,(H,20,21). The van der Waals surface area contributed by atoms with Gasteiger partial charge in [0.05, 0.1) is 5.92 Å². The Morgan fingerprint density at radius 2 is 1.24 bits per heavy atom. The fraction of sp³-hybridized carbons (Fsp3) is 0.316. The molecule has 0 spiro atoms. The molecule has 1 N–H and O–H groups in total. The van der Waals surface area contributed by atoms with Gasteiger partial charge in [-0.05, 0) is 24.0 Å². The lowest BCUT2D eigenvalue weighted by Crippen LogP contribution is -2.39. The van der Waals surface area contributed by atoms with E-state index in [0.717, 1.165) is 11.1 Å². The first-order valence-corrected chi connectivity index (χ1v) is 7.50. The predicted molar refractivity (Wildman–Crippen MR) is 87.2 cm³/mol. The van der Waals surface area contributed by atoms with Crippen LogP contribution in [-0.4, -0.2) is 11.9 Å². The summed E-state index contributed by atoms with van der Waals surface area (Å²) in [7, 11) is 0. The minimum atomic E-state index is -0.256. The van der Waals surface area contributed by atoms with Crippen molar-refractivity contribution >= 4 is 5.91 Å². The lowest BCUT2D eigenvalue weighted by molar-refractivity contribution is -0.122. The summed E-state index contributed by atoms with van der Waals surface area (Å²) >= 11 is 0. The molecule has 0 fully saturated rings. The Kier molecular flexibility index (Phi) is 5.15. The number of amides is 1. The maximum atomic E-state index is 12.7. The molecule has 2 rings (SSSR count). The third kappa shape index (κ3) is 3.94. The lowest BCUT2D eigenvalue weighted by Gasteiger charge is -2.23. The van der Waals surface area contributed by atoms with Crippen LogP contribution in [0.25, 0.3) is 0 Å². The normalized spacial score (nSPS) is 12.4. The Hall–Kier alpha value is -2.09. The van der Waals surface area contributed by atoms with Crippen molar-refractivity contribution in [1.29, 1.82) is 0 Å². The van der Waals surface area contributed by atoms with E-state index in [1.54, 1.807) is 0 Å². The van der Waals surface area contributed by atoms with E-state index >= 15 is 0 Å². The van der Waals surface area contributed by atoms with Crippen molar-refractivity contribution < 1.29 is 4.79 Å². The van der Waals surface area contributed by atoms with Crippen LogP contribution in [0.4, 0.5) is 0 Å². The molecule has 21 heavy (non-hydrogen) atoms. The molecule has 0 aliphatic heterocycles. The predicted octanol–water partition coefficient (Wildman–Crippen LogP) is 3.98. The van der Waals surface area contributed by atoms with Gasteiger partial charge < -0.3 is 5.32 Å². The van der Waals surface area contributed by atoms with Crippen molar-refractivity contribution in [1.82, 2.24) is 5.32 Å². The molecule has 2 nitrogen and oxygen atoms in total. The van der Waals surface area contributed by atoms with E-state index in [-0.39, 0.29) is 17.9 Å². The van der Waals surface area contributed by atoms with Gasteiger partial charge in [-0.15, -0.1) is 0 Å². The van der Waals surface area contributed by atoms with Crippen LogP contribution < -0.4 is 5.32 Å².